The molecule has 0 radical (unpaired) electrons. The minimum absolute atomic E-state index is 0. The topological polar surface area (TPSA) is 57.2 Å². The van der Waals surface area contributed by atoms with E-state index in [1.165, 1.54) is 11.9 Å². The molecule has 6 heterocycles. The van der Waals surface area contributed by atoms with E-state index in [2.05, 4.69) is 19.9 Å². The van der Waals surface area contributed by atoms with Gasteiger partial charge in [-0.15, -0.1) is 22.1 Å². The number of hydrogen-bond donors (Lipinski definition) is 0. The van der Waals surface area contributed by atoms with Crippen molar-refractivity contribution in [1.29, 1.82) is 0 Å². The Kier molecular flexibility index (Phi) is 12.5. The van der Waals surface area contributed by atoms with Crippen molar-refractivity contribution in [3.8, 4) is 44.5 Å². The third-order valence-corrected chi connectivity index (χ3v) is 12.3. The van der Waals surface area contributed by atoms with Crippen LogP contribution in [-0.2, 0) is 20.4 Å². The van der Waals surface area contributed by atoms with E-state index in [1.54, 1.807) is 0 Å². The molecular weight excluding hydrogens is 1120 g/mol. The van der Waals surface area contributed by atoms with Gasteiger partial charge in [-0.05, 0) is 41.5 Å². The Balaban J connectivity index is 0.00000656. The Labute approximate surface area is 406 Å². The molecule has 7 aromatic rings. The molecule has 0 N–H and O–H groups in total. The Hall–Kier alpha value is -7.04. The second kappa shape index (κ2) is 17.9. The van der Waals surface area contributed by atoms with Crippen LogP contribution in [0.5, 0.6) is 0 Å². The van der Waals surface area contributed by atoms with Crippen LogP contribution in [0.1, 0.15) is 34.6 Å². The summed E-state index contributed by atoms with van der Waals surface area (Å²) in [6.07, 6.45) is 1.18. The van der Waals surface area contributed by atoms with Crippen molar-refractivity contribution in [2.75, 3.05) is 20.1 Å². The summed E-state index contributed by atoms with van der Waals surface area (Å²) in [4.78, 5) is 17.7. The molecule has 4 aromatic carbocycles. The Morgan fingerprint density at radius 3 is 0.808 bits per heavy atom. The first-order valence-corrected chi connectivity index (χ1v) is 20.1. The van der Waals surface area contributed by atoms with Gasteiger partial charge in [-0.25, -0.2) is 92.8 Å². The molecule has 5 nitrogen and oxygen atoms in total. The van der Waals surface area contributed by atoms with Crippen LogP contribution in [0.3, 0.4) is 0 Å². The van der Waals surface area contributed by atoms with Gasteiger partial charge in [0, 0.05) is 24.9 Å². The van der Waals surface area contributed by atoms with Gasteiger partial charge < -0.3 is 14.9 Å². The van der Waals surface area contributed by atoms with Gasteiger partial charge in [0.1, 0.15) is 0 Å². The van der Waals surface area contributed by atoms with E-state index in [-0.39, 0.29) is 20.4 Å². The number of halogens is 20. The summed E-state index contributed by atoms with van der Waals surface area (Å²) in [6.45, 7) is -0.798. The molecular formula is C47H15F20N5Pd. The second-order valence-electron chi connectivity index (χ2n) is 16.2. The van der Waals surface area contributed by atoms with E-state index in [0.29, 0.717) is 36.4 Å². The Morgan fingerprint density at radius 1 is 0.329 bits per heavy atom. The summed E-state index contributed by atoms with van der Waals surface area (Å²) < 4.78 is 308. The van der Waals surface area contributed by atoms with Crippen LogP contribution in [0, 0.1) is 116 Å². The summed E-state index contributed by atoms with van der Waals surface area (Å²) in [6, 6.07) is 2.50. The maximum Gasteiger partial charge on any atom is 2.00 e. The molecule has 3 aliphatic heterocycles. The Morgan fingerprint density at radius 2 is 0.548 bits per heavy atom. The first-order chi connectivity index (χ1) is 34.0. The molecule has 10 rings (SSSR count). The molecule has 0 amide bonds. The zero-order valence-corrected chi connectivity index (χ0v) is 36.7. The number of likely N-dealkylation sites (N-methyl/N-ethyl adjacent to an activating group) is 1. The van der Waals surface area contributed by atoms with Gasteiger partial charge in [-0.3, -0.25) is 4.98 Å². The van der Waals surface area contributed by atoms with Gasteiger partial charge in [-0.2, -0.15) is 0 Å². The van der Waals surface area contributed by atoms with E-state index < -0.39 is 231 Å². The molecule has 3 aliphatic rings. The summed E-state index contributed by atoms with van der Waals surface area (Å²) in [5.74, 6) is -55.6. The molecule has 378 valence electrons. The van der Waals surface area contributed by atoms with Gasteiger partial charge in [0.15, 0.2) is 93.1 Å². The Bertz CT molecular complexity index is 3480. The first-order valence-electron chi connectivity index (χ1n) is 20.1. The SMILES string of the molecule is CN1C[C@@H]2c3nc(c(-c4c(F)c(F)c(F)c(F)c4F)c4ccc([n-]4)c(-c4c(F)c(F)c(F)c(F)c4F)c4nc(c(-c5c(F)c(F)c(F)c(F)c5F)c5ccc([n-]5)c3-c3c(F)c(F)c(F)c(F)c3F)C=C4)[C@@H]2C1.[Pd+2]. The minimum atomic E-state index is -2.72. The average molecular weight is 1140 g/mol. The van der Waals surface area contributed by atoms with Crippen LogP contribution in [0.25, 0.3) is 78.7 Å². The number of aromatic nitrogens is 4. The van der Waals surface area contributed by atoms with Crippen molar-refractivity contribution >= 4 is 34.2 Å². The number of nitrogens with zero attached hydrogens (tertiary/aromatic N) is 5. The van der Waals surface area contributed by atoms with Crippen LogP contribution < -0.4 is 9.97 Å². The van der Waals surface area contributed by atoms with Crippen molar-refractivity contribution in [2.24, 2.45) is 0 Å². The molecule has 73 heavy (non-hydrogen) atoms. The number of fused-ring (bicyclic) bond motifs is 11. The minimum Gasteiger partial charge on any atom is -0.657 e. The van der Waals surface area contributed by atoms with E-state index in [9.17, 15) is 17.6 Å². The molecule has 1 saturated heterocycles. The maximum atomic E-state index is 16.2. The van der Waals surface area contributed by atoms with Crippen LogP contribution >= 0.6 is 0 Å². The molecule has 0 spiro atoms. The number of benzene rings is 4. The second-order valence-corrected chi connectivity index (χ2v) is 16.2. The summed E-state index contributed by atoms with van der Waals surface area (Å²) in [5.41, 5.74) is -20.5. The fraction of sp³-hybridized carbons (Fsp3) is 0.106. The molecule has 3 aromatic heterocycles. The monoisotopic (exact) mass is 1140 g/mol. The molecule has 0 aliphatic carbocycles. The number of rotatable bonds is 4. The van der Waals surface area contributed by atoms with Crippen LogP contribution in [0.2, 0.25) is 0 Å². The molecule has 1 fully saturated rings. The van der Waals surface area contributed by atoms with Crippen molar-refractivity contribution in [3.63, 3.8) is 0 Å². The third-order valence-electron chi connectivity index (χ3n) is 12.3. The fourth-order valence-corrected chi connectivity index (χ4v) is 9.10. The first kappa shape index (κ1) is 50.9. The molecule has 26 heteroatoms. The summed E-state index contributed by atoms with van der Waals surface area (Å²) >= 11 is 0. The molecule has 0 unspecified atom stereocenters. The molecule has 8 bridgehead atoms. The molecule has 0 saturated carbocycles. The number of hydrogen-bond acceptors (Lipinski definition) is 3. The van der Waals surface area contributed by atoms with Crippen LogP contribution in [0.4, 0.5) is 87.8 Å². The van der Waals surface area contributed by atoms with Gasteiger partial charge >= 0.3 is 20.4 Å². The van der Waals surface area contributed by atoms with Crippen molar-refractivity contribution in [3.05, 3.63) is 163 Å². The van der Waals surface area contributed by atoms with Gasteiger partial charge in [-0.1, -0.05) is 24.3 Å². The maximum absolute atomic E-state index is 16.2. The van der Waals surface area contributed by atoms with Crippen molar-refractivity contribution in [1.82, 2.24) is 24.8 Å². The van der Waals surface area contributed by atoms with Gasteiger partial charge in [0.05, 0.1) is 45.0 Å². The van der Waals surface area contributed by atoms with Crippen LogP contribution in [0.15, 0.2) is 24.3 Å². The third kappa shape index (κ3) is 7.29. The van der Waals surface area contributed by atoms with E-state index in [1.807, 2.05) is 0 Å². The van der Waals surface area contributed by atoms with E-state index in [0.717, 1.165) is 0 Å². The fourth-order valence-electron chi connectivity index (χ4n) is 9.10. The zero-order chi connectivity index (χ0) is 52.0. The smallest absolute Gasteiger partial charge is 0.657 e. The quantitative estimate of drug-likeness (QED) is 0.0761. The van der Waals surface area contributed by atoms with Gasteiger partial charge in [0.25, 0.3) is 0 Å². The van der Waals surface area contributed by atoms with Gasteiger partial charge in [0.2, 0.25) is 23.3 Å². The van der Waals surface area contributed by atoms with E-state index in [4.69, 9.17) is 0 Å². The largest absolute Gasteiger partial charge is 2.00 e. The van der Waals surface area contributed by atoms with Crippen molar-refractivity contribution < 1.29 is 108 Å². The predicted octanol–water partition coefficient (Wildman–Crippen LogP) is 13.0. The summed E-state index contributed by atoms with van der Waals surface area (Å²) in [5, 5.41) is 0. The predicted molar refractivity (Wildman–Crippen MR) is 212 cm³/mol. The standard InChI is InChI=1S/C47H15F20N5.Pd/c1-72-8-10-11(9-72)47-21(25-32(54)40(62)45(67)41(63)33(25)55)17-7-5-15(70-17)19(23-28(50)36(58)43(65)37(59)29(23)51)13-3-2-12(68-13)18(22-26(48)34(56)42(64)35(57)27(22)49)14-4-6-16(69-14)20(46(10)71-47)24-30(52)38(60)44(66)39(61)31(24)53;/h2-7,10-11H,8-9H2,1H3;/q-2;+2/t10-,11+;. The normalized spacial score (nSPS) is 15.4. The zero-order valence-electron chi connectivity index (χ0n) is 35.1. The van der Waals surface area contributed by atoms with Crippen LogP contribution in [-0.4, -0.2) is 35.0 Å². The summed E-state index contributed by atoms with van der Waals surface area (Å²) in [7, 11) is 1.34. The van der Waals surface area contributed by atoms with Crippen molar-refractivity contribution in [2.45, 2.75) is 11.8 Å². The number of likely N-dealkylation sites (tertiary alicyclic amines) is 1. The van der Waals surface area contributed by atoms with E-state index >= 15 is 70.2 Å². The molecule has 2 atom stereocenters. The average Bonchev–Trinajstić information content (AvgIpc) is 4.23.